The monoisotopic (exact) mass is 265 g/mol. The van der Waals surface area contributed by atoms with E-state index in [9.17, 15) is 14.7 Å². The molecule has 1 aromatic carbocycles. The Morgan fingerprint density at radius 3 is 2.37 bits per heavy atom. The van der Waals surface area contributed by atoms with E-state index in [1.54, 1.807) is 26.0 Å². The molecule has 0 fully saturated rings. The van der Waals surface area contributed by atoms with Crippen LogP contribution in [-0.2, 0) is 9.59 Å². The minimum Gasteiger partial charge on any atom is -0.508 e. The van der Waals surface area contributed by atoms with Crippen molar-refractivity contribution in [2.24, 2.45) is 11.8 Å². The first kappa shape index (κ1) is 15.0. The minimum atomic E-state index is -0.993. The van der Waals surface area contributed by atoms with Gasteiger partial charge in [-0.3, -0.25) is 9.59 Å². The van der Waals surface area contributed by atoms with Crippen LogP contribution in [0.15, 0.2) is 24.3 Å². The Labute approximate surface area is 112 Å². The van der Waals surface area contributed by atoms with Gasteiger partial charge in [-0.25, -0.2) is 0 Å². The molecule has 1 amide bonds. The summed E-state index contributed by atoms with van der Waals surface area (Å²) < 4.78 is 0. The summed E-state index contributed by atoms with van der Waals surface area (Å²) in [7, 11) is 0. The summed E-state index contributed by atoms with van der Waals surface area (Å²) >= 11 is 0. The van der Waals surface area contributed by atoms with E-state index in [1.165, 1.54) is 24.0 Å². The van der Waals surface area contributed by atoms with Gasteiger partial charge in [0.25, 0.3) is 0 Å². The molecule has 0 bridgehead atoms. The molecule has 0 aliphatic rings. The number of benzene rings is 1. The minimum absolute atomic E-state index is 0.0719. The van der Waals surface area contributed by atoms with Crippen molar-refractivity contribution in [3.63, 3.8) is 0 Å². The number of amides is 1. The third-order valence-corrected chi connectivity index (χ3v) is 3.25. The Balaban J connectivity index is 2.97. The summed E-state index contributed by atoms with van der Waals surface area (Å²) in [6.45, 7) is 5.34. The van der Waals surface area contributed by atoms with Crippen LogP contribution >= 0.6 is 0 Å². The first-order chi connectivity index (χ1) is 8.88. The van der Waals surface area contributed by atoms with Crippen molar-refractivity contribution >= 4 is 17.6 Å². The second-order valence-electron chi connectivity index (χ2n) is 4.52. The van der Waals surface area contributed by atoms with E-state index < -0.39 is 17.8 Å². The molecular weight excluding hydrogens is 246 g/mol. The van der Waals surface area contributed by atoms with Crippen LogP contribution in [0.2, 0.25) is 0 Å². The molecule has 104 valence electrons. The largest absolute Gasteiger partial charge is 0.508 e. The summed E-state index contributed by atoms with van der Waals surface area (Å²) in [6.07, 6.45) is 0. The lowest BCUT2D eigenvalue weighted by atomic mass is 9.94. The van der Waals surface area contributed by atoms with Gasteiger partial charge in [0.2, 0.25) is 5.91 Å². The molecule has 0 radical (unpaired) electrons. The summed E-state index contributed by atoms with van der Waals surface area (Å²) in [6, 6.07) is 6.36. The number of carbonyl (C=O) groups is 2. The third kappa shape index (κ3) is 3.47. The van der Waals surface area contributed by atoms with E-state index >= 15 is 0 Å². The summed E-state index contributed by atoms with van der Waals surface area (Å²) in [5.41, 5.74) is 0.567. The molecule has 1 rings (SSSR count). The van der Waals surface area contributed by atoms with Gasteiger partial charge in [0.1, 0.15) is 5.75 Å². The van der Waals surface area contributed by atoms with Gasteiger partial charge >= 0.3 is 5.97 Å². The van der Waals surface area contributed by atoms with E-state index in [4.69, 9.17) is 5.11 Å². The van der Waals surface area contributed by atoms with Crippen LogP contribution < -0.4 is 4.90 Å². The lowest BCUT2D eigenvalue weighted by molar-refractivity contribution is -0.145. The number of aromatic hydroxyl groups is 1. The highest BCUT2D eigenvalue weighted by molar-refractivity contribution is 5.97. The molecule has 19 heavy (non-hydrogen) atoms. The van der Waals surface area contributed by atoms with Crippen molar-refractivity contribution in [1.82, 2.24) is 0 Å². The molecule has 0 heterocycles. The average molecular weight is 265 g/mol. The van der Waals surface area contributed by atoms with Crippen molar-refractivity contribution in [3.05, 3.63) is 24.3 Å². The maximum absolute atomic E-state index is 12.3. The molecule has 5 heteroatoms. The summed E-state index contributed by atoms with van der Waals surface area (Å²) in [5.74, 6) is -2.56. The van der Waals surface area contributed by atoms with Crippen LogP contribution in [0.3, 0.4) is 0 Å². The molecule has 0 aliphatic heterocycles. The molecular formula is C14H19NO4. The zero-order chi connectivity index (χ0) is 14.6. The fourth-order valence-corrected chi connectivity index (χ4v) is 1.80. The fourth-order valence-electron chi connectivity index (χ4n) is 1.80. The van der Waals surface area contributed by atoms with Crippen molar-refractivity contribution < 1.29 is 19.8 Å². The first-order valence-electron chi connectivity index (χ1n) is 6.21. The molecule has 2 unspecified atom stereocenters. The van der Waals surface area contributed by atoms with Crippen molar-refractivity contribution in [3.8, 4) is 5.75 Å². The zero-order valence-electron chi connectivity index (χ0n) is 11.3. The lowest BCUT2D eigenvalue weighted by Crippen LogP contribution is -2.39. The quantitative estimate of drug-likeness (QED) is 0.854. The maximum Gasteiger partial charge on any atom is 0.307 e. The number of phenols is 1. The SMILES string of the molecule is CCN(C(=O)C(C)C(C)C(=O)O)c1cccc(O)c1. The van der Waals surface area contributed by atoms with Gasteiger partial charge in [0.15, 0.2) is 0 Å². The van der Waals surface area contributed by atoms with Gasteiger partial charge in [0.05, 0.1) is 5.92 Å². The average Bonchev–Trinajstić information content (AvgIpc) is 2.37. The second kappa shape index (κ2) is 6.22. The van der Waals surface area contributed by atoms with Gasteiger partial charge in [-0.15, -0.1) is 0 Å². The topological polar surface area (TPSA) is 77.8 Å². The van der Waals surface area contributed by atoms with E-state index in [0.29, 0.717) is 12.2 Å². The highest BCUT2D eigenvalue weighted by atomic mass is 16.4. The van der Waals surface area contributed by atoms with Crippen LogP contribution in [0.25, 0.3) is 0 Å². The Bertz CT molecular complexity index is 472. The van der Waals surface area contributed by atoms with Crippen molar-refractivity contribution in [1.29, 1.82) is 0 Å². The fraction of sp³-hybridized carbons (Fsp3) is 0.429. The first-order valence-corrected chi connectivity index (χ1v) is 6.21. The van der Waals surface area contributed by atoms with Gasteiger partial charge in [-0.2, -0.15) is 0 Å². The number of aliphatic carboxylic acids is 1. The number of carboxylic acids is 1. The van der Waals surface area contributed by atoms with Gasteiger partial charge < -0.3 is 15.1 Å². The number of hydrogen-bond acceptors (Lipinski definition) is 3. The van der Waals surface area contributed by atoms with Crippen molar-refractivity contribution in [2.45, 2.75) is 20.8 Å². The Morgan fingerprint density at radius 2 is 1.89 bits per heavy atom. The number of rotatable bonds is 5. The number of nitrogens with zero attached hydrogens (tertiary/aromatic N) is 1. The van der Waals surface area contributed by atoms with Gasteiger partial charge in [0, 0.05) is 24.2 Å². The highest BCUT2D eigenvalue weighted by Gasteiger charge is 2.29. The van der Waals surface area contributed by atoms with E-state index in [1.807, 2.05) is 0 Å². The summed E-state index contributed by atoms with van der Waals surface area (Å²) in [5, 5.41) is 18.4. The number of phenolic OH excluding ortho intramolecular Hbond substituents is 1. The zero-order valence-corrected chi connectivity index (χ0v) is 11.3. The molecule has 5 nitrogen and oxygen atoms in total. The number of carboxylic acid groups (broad SMARTS) is 1. The Morgan fingerprint density at radius 1 is 1.26 bits per heavy atom. The molecule has 2 atom stereocenters. The smallest absolute Gasteiger partial charge is 0.307 e. The third-order valence-electron chi connectivity index (χ3n) is 3.25. The molecule has 1 aromatic rings. The van der Waals surface area contributed by atoms with Crippen LogP contribution in [0.5, 0.6) is 5.75 Å². The maximum atomic E-state index is 12.3. The molecule has 0 saturated heterocycles. The van der Waals surface area contributed by atoms with Gasteiger partial charge in [-0.1, -0.05) is 19.9 Å². The van der Waals surface area contributed by atoms with Crippen molar-refractivity contribution in [2.75, 3.05) is 11.4 Å². The van der Waals surface area contributed by atoms with E-state index in [0.717, 1.165) is 0 Å². The predicted molar refractivity (Wildman–Crippen MR) is 72.1 cm³/mol. The normalized spacial score (nSPS) is 13.6. The predicted octanol–water partition coefficient (Wildman–Crippen LogP) is 2.10. The summed E-state index contributed by atoms with van der Waals surface area (Å²) in [4.78, 5) is 24.7. The highest BCUT2D eigenvalue weighted by Crippen LogP contribution is 2.23. The van der Waals surface area contributed by atoms with Crippen LogP contribution in [0, 0.1) is 11.8 Å². The molecule has 2 N–H and O–H groups in total. The van der Waals surface area contributed by atoms with Crippen LogP contribution in [0.4, 0.5) is 5.69 Å². The molecule has 0 saturated carbocycles. The number of hydrogen-bond donors (Lipinski definition) is 2. The van der Waals surface area contributed by atoms with Crippen LogP contribution in [-0.4, -0.2) is 28.6 Å². The Kier molecular flexibility index (Phi) is 4.92. The second-order valence-corrected chi connectivity index (χ2v) is 4.52. The molecule has 0 spiro atoms. The van der Waals surface area contributed by atoms with E-state index in [2.05, 4.69) is 0 Å². The standard InChI is InChI=1S/C14H19NO4/c1-4-15(11-6-5-7-12(16)8-11)13(17)9(2)10(3)14(18)19/h5-10,16H,4H2,1-3H3,(H,18,19). The number of anilines is 1. The van der Waals surface area contributed by atoms with Crippen LogP contribution in [0.1, 0.15) is 20.8 Å². The van der Waals surface area contributed by atoms with E-state index in [-0.39, 0.29) is 11.7 Å². The Hall–Kier alpha value is -2.04. The lowest BCUT2D eigenvalue weighted by Gasteiger charge is -2.26. The molecule has 0 aromatic heterocycles. The number of carbonyl (C=O) groups excluding carboxylic acids is 1. The van der Waals surface area contributed by atoms with Gasteiger partial charge in [-0.05, 0) is 19.1 Å². The molecule has 0 aliphatic carbocycles.